The van der Waals surface area contributed by atoms with Crippen LogP contribution >= 0.6 is 0 Å². The number of halogens is 1. The van der Waals surface area contributed by atoms with Crippen molar-refractivity contribution in [3.63, 3.8) is 0 Å². The highest BCUT2D eigenvalue weighted by molar-refractivity contribution is 5.95. The number of pyridine rings is 1. The molecular formula is C18H15FN4O3. The zero-order valence-electron chi connectivity index (χ0n) is 14.2. The third kappa shape index (κ3) is 2.90. The van der Waals surface area contributed by atoms with Crippen LogP contribution in [0.25, 0.3) is 11.5 Å². The van der Waals surface area contributed by atoms with Crippen LogP contribution in [-0.2, 0) is 12.8 Å². The molecule has 0 spiro atoms. The van der Waals surface area contributed by atoms with E-state index in [1.807, 2.05) is 6.07 Å². The largest absolute Gasteiger partial charge is 0.494 e. The molecule has 0 saturated heterocycles. The summed E-state index contributed by atoms with van der Waals surface area (Å²) in [5.41, 5.74) is 3.27. The van der Waals surface area contributed by atoms with Gasteiger partial charge in [-0.2, -0.15) is 0 Å². The van der Waals surface area contributed by atoms with Gasteiger partial charge in [0.05, 0.1) is 20.6 Å². The molecule has 1 aliphatic heterocycles. The van der Waals surface area contributed by atoms with Crippen molar-refractivity contribution >= 4 is 11.4 Å². The van der Waals surface area contributed by atoms with E-state index in [0.29, 0.717) is 36.1 Å². The van der Waals surface area contributed by atoms with Crippen LogP contribution in [0.2, 0.25) is 0 Å². The summed E-state index contributed by atoms with van der Waals surface area (Å²) < 4.78 is 29.4. The Morgan fingerprint density at radius 2 is 2.04 bits per heavy atom. The highest BCUT2D eigenvalue weighted by Crippen LogP contribution is 2.35. The minimum Gasteiger partial charge on any atom is -0.494 e. The molecule has 26 heavy (non-hydrogen) atoms. The number of benzene rings is 1. The van der Waals surface area contributed by atoms with Gasteiger partial charge in [-0.15, -0.1) is 10.2 Å². The summed E-state index contributed by atoms with van der Waals surface area (Å²) in [7, 11) is 2.97. The van der Waals surface area contributed by atoms with Gasteiger partial charge in [-0.05, 0) is 29.8 Å². The van der Waals surface area contributed by atoms with Crippen LogP contribution < -0.4 is 9.47 Å². The normalized spacial score (nSPS) is 12.7. The van der Waals surface area contributed by atoms with Gasteiger partial charge in [0.25, 0.3) is 0 Å². The summed E-state index contributed by atoms with van der Waals surface area (Å²) in [6.45, 7) is 0. The third-order valence-corrected chi connectivity index (χ3v) is 4.05. The number of nitrogens with zero attached hydrogens (tertiary/aromatic N) is 4. The predicted octanol–water partition coefficient (Wildman–Crippen LogP) is 3.16. The molecular weight excluding hydrogens is 339 g/mol. The summed E-state index contributed by atoms with van der Waals surface area (Å²) in [4.78, 5) is 8.72. The molecule has 1 aliphatic rings. The van der Waals surface area contributed by atoms with Crippen molar-refractivity contribution in [2.24, 2.45) is 4.99 Å². The molecule has 0 bridgehead atoms. The van der Waals surface area contributed by atoms with Crippen molar-refractivity contribution in [3.05, 3.63) is 47.7 Å². The molecule has 0 radical (unpaired) electrons. The number of aromatic nitrogens is 3. The van der Waals surface area contributed by atoms with E-state index in [-0.39, 0.29) is 5.75 Å². The van der Waals surface area contributed by atoms with Gasteiger partial charge in [0.15, 0.2) is 11.6 Å². The van der Waals surface area contributed by atoms with E-state index in [2.05, 4.69) is 20.2 Å². The molecule has 0 amide bonds. The zero-order valence-corrected chi connectivity index (χ0v) is 14.2. The molecule has 0 unspecified atom stereocenters. The molecule has 7 nitrogen and oxygen atoms in total. The lowest BCUT2D eigenvalue weighted by Crippen LogP contribution is -2.02. The first-order valence-corrected chi connectivity index (χ1v) is 7.92. The number of rotatable bonds is 5. The van der Waals surface area contributed by atoms with Gasteiger partial charge in [-0.1, -0.05) is 0 Å². The Bertz CT molecular complexity index is 1000. The average molecular weight is 354 g/mol. The molecule has 132 valence electrons. The van der Waals surface area contributed by atoms with E-state index in [1.54, 1.807) is 19.4 Å². The number of fused-ring (bicyclic) bond motifs is 1. The van der Waals surface area contributed by atoms with Gasteiger partial charge in [-0.3, -0.25) is 4.99 Å². The van der Waals surface area contributed by atoms with Gasteiger partial charge in [0.2, 0.25) is 17.7 Å². The Balaban J connectivity index is 1.55. The van der Waals surface area contributed by atoms with Crippen LogP contribution in [0.4, 0.5) is 10.1 Å². The molecule has 1 aromatic carbocycles. The first-order chi connectivity index (χ1) is 12.7. The van der Waals surface area contributed by atoms with Crippen molar-refractivity contribution in [2.75, 3.05) is 14.2 Å². The summed E-state index contributed by atoms with van der Waals surface area (Å²) in [5.74, 6) is 0.909. The van der Waals surface area contributed by atoms with Gasteiger partial charge in [0.1, 0.15) is 5.69 Å². The first-order valence-electron chi connectivity index (χ1n) is 7.92. The van der Waals surface area contributed by atoms with Crippen LogP contribution in [0.5, 0.6) is 11.6 Å². The minimum atomic E-state index is -0.448. The summed E-state index contributed by atoms with van der Waals surface area (Å²) in [6.07, 6.45) is 2.79. The Morgan fingerprint density at radius 1 is 1.15 bits per heavy atom. The molecule has 0 atom stereocenters. The third-order valence-electron chi connectivity index (χ3n) is 4.05. The maximum Gasteiger partial charge on any atom is 0.247 e. The summed E-state index contributed by atoms with van der Waals surface area (Å²) >= 11 is 0. The monoisotopic (exact) mass is 354 g/mol. The van der Waals surface area contributed by atoms with Crippen LogP contribution in [0.1, 0.15) is 11.5 Å². The lowest BCUT2D eigenvalue weighted by atomic mass is 10.1. The average Bonchev–Trinajstić information content (AvgIpc) is 3.28. The van der Waals surface area contributed by atoms with Crippen molar-refractivity contribution in [2.45, 2.75) is 12.8 Å². The summed E-state index contributed by atoms with van der Waals surface area (Å²) in [5, 5.41) is 8.09. The number of ether oxygens (including phenoxy) is 2. The molecule has 3 aromatic rings. The number of hydrogen-bond acceptors (Lipinski definition) is 7. The van der Waals surface area contributed by atoms with E-state index < -0.39 is 5.82 Å². The Morgan fingerprint density at radius 3 is 2.85 bits per heavy atom. The van der Waals surface area contributed by atoms with E-state index in [0.717, 1.165) is 17.0 Å². The fourth-order valence-corrected chi connectivity index (χ4v) is 2.81. The fraction of sp³-hybridized carbons (Fsp3) is 0.222. The number of hydrogen-bond donors (Lipinski definition) is 0. The fourth-order valence-electron chi connectivity index (χ4n) is 2.81. The molecule has 0 N–H and O–H groups in total. The van der Waals surface area contributed by atoms with Gasteiger partial charge >= 0.3 is 0 Å². The standard InChI is InChI=1S/C18H15FN4O3/c1-24-14-8-11(3-4-13(14)19)17-23-22-15(26-17)9-12-7-10-5-6-20-18(25-2)16(10)21-12/h3-6,8H,7,9H2,1-2H3. The second kappa shape index (κ2) is 6.55. The highest BCUT2D eigenvalue weighted by atomic mass is 19.1. The van der Waals surface area contributed by atoms with Crippen molar-refractivity contribution in [1.82, 2.24) is 15.2 Å². The highest BCUT2D eigenvalue weighted by Gasteiger charge is 2.21. The lowest BCUT2D eigenvalue weighted by molar-refractivity contribution is 0.386. The Hall–Kier alpha value is -3.29. The van der Waals surface area contributed by atoms with Gasteiger partial charge in [-0.25, -0.2) is 9.37 Å². The van der Waals surface area contributed by atoms with Crippen LogP contribution in [0.15, 0.2) is 39.9 Å². The van der Waals surface area contributed by atoms with E-state index in [9.17, 15) is 4.39 Å². The maximum absolute atomic E-state index is 13.5. The number of methoxy groups -OCH3 is 2. The first kappa shape index (κ1) is 16.2. The predicted molar refractivity (Wildman–Crippen MR) is 91.5 cm³/mol. The maximum atomic E-state index is 13.5. The lowest BCUT2D eigenvalue weighted by Gasteiger charge is -2.02. The number of aliphatic imine (C=N–C) groups is 1. The SMILES string of the molecule is COc1cc(-c2nnc(CC3=Nc4c(ccnc4OC)C3)o2)ccc1F. The molecule has 0 fully saturated rings. The minimum absolute atomic E-state index is 0.123. The quantitative estimate of drug-likeness (QED) is 0.700. The van der Waals surface area contributed by atoms with E-state index in [4.69, 9.17) is 13.9 Å². The van der Waals surface area contributed by atoms with Crippen molar-refractivity contribution < 1.29 is 18.3 Å². The summed E-state index contributed by atoms with van der Waals surface area (Å²) in [6, 6.07) is 6.30. The van der Waals surface area contributed by atoms with Gasteiger partial charge < -0.3 is 13.9 Å². The van der Waals surface area contributed by atoms with Crippen molar-refractivity contribution in [1.29, 1.82) is 0 Å². The topological polar surface area (TPSA) is 82.6 Å². The molecule has 2 aromatic heterocycles. The van der Waals surface area contributed by atoms with Crippen LogP contribution in [0, 0.1) is 5.82 Å². The van der Waals surface area contributed by atoms with E-state index in [1.165, 1.54) is 19.2 Å². The van der Waals surface area contributed by atoms with Crippen LogP contribution in [0.3, 0.4) is 0 Å². The molecule has 3 heterocycles. The molecule has 0 saturated carbocycles. The van der Waals surface area contributed by atoms with Crippen molar-refractivity contribution in [3.8, 4) is 23.1 Å². The second-order valence-electron chi connectivity index (χ2n) is 5.71. The molecule has 4 rings (SSSR count). The molecule has 8 heteroatoms. The Labute approximate surface area is 148 Å². The Kier molecular flexibility index (Phi) is 4.08. The van der Waals surface area contributed by atoms with Gasteiger partial charge in [0, 0.05) is 23.9 Å². The molecule has 0 aliphatic carbocycles. The zero-order chi connectivity index (χ0) is 18.1. The second-order valence-corrected chi connectivity index (χ2v) is 5.71. The smallest absolute Gasteiger partial charge is 0.247 e. The van der Waals surface area contributed by atoms with E-state index >= 15 is 0 Å². The van der Waals surface area contributed by atoms with Crippen LogP contribution in [-0.4, -0.2) is 35.1 Å².